The summed E-state index contributed by atoms with van der Waals surface area (Å²) in [6.07, 6.45) is 0. The Balaban J connectivity index is 2.18. The Morgan fingerprint density at radius 3 is 2.38 bits per heavy atom. The Morgan fingerprint density at radius 1 is 1.12 bits per heavy atom. The number of nitrogens with one attached hydrogen (secondary N) is 3. The van der Waals surface area contributed by atoms with Crippen molar-refractivity contribution in [3.05, 3.63) is 58.1 Å². The third kappa shape index (κ3) is 3.99. The number of hydrazine groups is 1. The summed E-state index contributed by atoms with van der Waals surface area (Å²) in [5.41, 5.74) is 7.83. The first-order valence-electron chi connectivity index (χ1n) is 7.75. The second-order valence-corrected chi connectivity index (χ2v) is 5.94. The van der Waals surface area contributed by atoms with E-state index < -0.39 is 0 Å². The van der Waals surface area contributed by atoms with E-state index in [0.29, 0.717) is 17.3 Å². The van der Waals surface area contributed by atoms with Gasteiger partial charge in [0, 0.05) is 25.7 Å². The lowest BCUT2D eigenvalue weighted by atomic mass is 10.0. The van der Waals surface area contributed by atoms with Gasteiger partial charge in [0.1, 0.15) is 0 Å². The van der Waals surface area contributed by atoms with Crippen molar-refractivity contribution in [3.8, 4) is 0 Å². The molecule has 2 amide bonds. The van der Waals surface area contributed by atoms with Crippen molar-refractivity contribution in [1.29, 1.82) is 0 Å². The number of rotatable bonds is 5. The minimum Gasteiger partial charge on any atom is -0.386 e. The maximum atomic E-state index is 12.6. The molecular formula is C18H23ClN4O. The maximum absolute atomic E-state index is 12.6. The zero-order chi connectivity index (χ0) is 17.7. The second kappa shape index (κ2) is 8.04. The number of halogens is 1. The fraction of sp³-hybridized carbons (Fsp3) is 0.278. The van der Waals surface area contributed by atoms with Crippen LogP contribution >= 0.6 is 11.6 Å². The molecule has 0 heterocycles. The van der Waals surface area contributed by atoms with Gasteiger partial charge < -0.3 is 10.6 Å². The van der Waals surface area contributed by atoms with Crippen LogP contribution in [0.1, 0.15) is 16.7 Å². The molecule has 5 nitrogen and oxygen atoms in total. The molecule has 0 saturated carbocycles. The lowest BCUT2D eigenvalue weighted by molar-refractivity contribution is 0.244. The Bertz CT molecular complexity index is 713. The molecule has 0 aliphatic heterocycles. The number of nitrogens with zero attached hydrogens (tertiary/aromatic N) is 1. The van der Waals surface area contributed by atoms with Gasteiger partial charge in [-0.15, -0.1) is 0 Å². The highest BCUT2D eigenvalue weighted by Gasteiger charge is 2.17. The van der Waals surface area contributed by atoms with Crippen LogP contribution in [0, 0.1) is 13.8 Å². The molecule has 3 N–H and O–H groups in total. The quantitative estimate of drug-likeness (QED) is 0.721. The molecule has 0 atom stereocenters. The van der Waals surface area contributed by atoms with Gasteiger partial charge in [-0.25, -0.2) is 15.2 Å². The monoisotopic (exact) mass is 346 g/mol. The summed E-state index contributed by atoms with van der Waals surface area (Å²) in [6.45, 7) is 4.56. The normalized spacial score (nSPS) is 10.4. The first-order valence-corrected chi connectivity index (χ1v) is 8.13. The molecule has 2 aromatic carbocycles. The van der Waals surface area contributed by atoms with Crippen LogP contribution in [0.25, 0.3) is 0 Å². The van der Waals surface area contributed by atoms with Crippen molar-refractivity contribution < 1.29 is 4.79 Å². The minimum atomic E-state index is -0.237. The number of anilines is 2. The fourth-order valence-corrected chi connectivity index (χ4v) is 2.78. The first-order chi connectivity index (χ1) is 11.5. The largest absolute Gasteiger partial charge is 0.386 e. The van der Waals surface area contributed by atoms with Gasteiger partial charge in [-0.3, -0.25) is 0 Å². The SMILES string of the molecule is CNc1cc(Cl)ccc1N(NC)C(=O)NCc1c(C)cccc1C. The zero-order valence-electron chi connectivity index (χ0n) is 14.4. The summed E-state index contributed by atoms with van der Waals surface area (Å²) in [4.78, 5) is 12.6. The minimum absolute atomic E-state index is 0.237. The molecule has 2 rings (SSSR count). The summed E-state index contributed by atoms with van der Waals surface area (Å²) in [5.74, 6) is 0. The fourth-order valence-electron chi connectivity index (χ4n) is 2.61. The summed E-state index contributed by atoms with van der Waals surface area (Å²) in [7, 11) is 3.49. The number of carbonyl (C=O) groups excluding carboxylic acids is 1. The van der Waals surface area contributed by atoms with Gasteiger partial charge in [0.2, 0.25) is 0 Å². The van der Waals surface area contributed by atoms with Crippen LogP contribution < -0.4 is 21.1 Å². The maximum Gasteiger partial charge on any atom is 0.336 e. The van der Waals surface area contributed by atoms with Crippen LogP contribution in [-0.4, -0.2) is 20.1 Å². The molecule has 0 bridgehead atoms. The molecule has 0 aliphatic carbocycles. The van der Waals surface area contributed by atoms with Crippen LogP contribution in [0.3, 0.4) is 0 Å². The van der Waals surface area contributed by atoms with Gasteiger partial charge in [0.25, 0.3) is 0 Å². The van der Waals surface area contributed by atoms with Gasteiger partial charge in [0.15, 0.2) is 0 Å². The molecule has 24 heavy (non-hydrogen) atoms. The van der Waals surface area contributed by atoms with Crippen LogP contribution in [0.2, 0.25) is 5.02 Å². The smallest absolute Gasteiger partial charge is 0.336 e. The van der Waals surface area contributed by atoms with E-state index in [0.717, 1.165) is 22.4 Å². The zero-order valence-corrected chi connectivity index (χ0v) is 15.2. The van der Waals surface area contributed by atoms with Crippen LogP contribution in [0.15, 0.2) is 36.4 Å². The molecule has 2 aromatic rings. The Labute approximate surface area is 148 Å². The highest BCUT2D eigenvalue weighted by Crippen LogP contribution is 2.28. The molecule has 0 aliphatic rings. The third-order valence-corrected chi connectivity index (χ3v) is 4.19. The number of carbonyl (C=O) groups is 1. The number of aryl methyl sites for hydroxylation is 2. The number of hydrogen-bond acceptors (Lipinski definition) is 3. The number of benzene rings is 2. The van der Waals surface area contributed by atoms with Crippen molar-refractivity contribution in [2.24, 2.45) is 0 Å². The van der Waals surface area contributed by atoms with Crippen LogP contribution in [-0.2, 0) is 6.54 Å². The Hall–Kier alpha value is -2.24. The van der Waals surface area contributed by atoms with Crippen molar-refractivity contribution in [2.45, 2.75) is 20.4 Å². The van der Waals surface area contributed by atoms with E-state index in [1.165, 1.54) is 5.01 Å². The van der Waals surface area contributed by atoms with Gasteiger partial charge in [-0.05, 0) is 48.7 Å². The first kappa shape index (κ1) is 18.1. The van der Waals surface area contributed by atoms with E-state index in [1.807, 2.05) is 32.0 Å². The molecule has 0 saturated heterocycles. The molecular weight excluding hydrogens is 324 g/mol. The van der Waals surface area contributed by atoms with Gasteiger partial charge in [0.05, 0.1) is 11.4 Å². The van der Waals surface area contributed by atoms with E-state index in [2.05, 4.69) is 16.1 Å². The van der Waals surface area contributed by atoms with Gasteiger partial charge in [-0.1, -0.05) is 29.8 Å². The van der Waals surface area contributed by atoms with E-state index in [-0.39, 0.29) is 6.03 Å². The lowest BCUT2D eigenvalue weighted by Crippen LogP contribution is -2.47. The number of hydrogen-bond donors (Lipinski definition) is 3. The topological polar surface area (TPSA) is 56.4 Å². The summed E-state index contributed by atoms with van der Waals surface area (Å²) in [5, 5.41) is 8.07. The van der Waals surface area contributed by atoms with Gasteiger partial charge in [-0.2, -0.15) is 0 Å². The van der Waals surface area contributed by atoms with Crippen molar-refractivity contribution in [1.82, 2.24) is 10.7 Å². The van der Waals surface area contributed by atoms with E-state index in [4.69, 9.17) is 11.6 Å². The predicted molar refractivity (Wildman–Crippen MR) is 101 cm³/mol. The van der Waals surface area contributed by atoms with E-state index in [1.54, 1.807) is 32.3 Å². The predicted octanol–water partition coefficient (Wildman–Crippen LogP) is 3.85. The van der Waals surface area contributed by atoms with E-state index >= 15 is 0 Å². The highest BCUT2D eigenvalue weighted by molar-refractivity contribution is 6.31. The standard InChI is InChI=1S/C18H23ClN4O/c1-12-6-5-7-13(2)15(12)11-22-18(24)23(21-4)17-9-8-14(19)10-16(17)20-3/h5-10,20-21H,11H2,1-4H3,(H,22,24). The van der Waals surface area contributed by atoms with Crippen molar-refractivity contribution >= 4 is 29.0 Å². The molecule has 128 valence electrons. The lowest BCUT2D eigenvalue weighted by Gasteiger charge is -2.24. The summed E-state index contributed by atoms with van der Waals surface area (Å²) >= 11 is 6.02. The Morgan fingerprint density at radius 2 is 1.79 bits per heavy atom. The molecule has 0 spiro atoms. The molecule has 6 heteroatoms. The number of amides is 2. The summed E-state index contributed by atoms with van der Waals surface area (Å²) < 4.78 is 0. The third-order valence-electron chi connectivity index (χ3n) is 3.96. The molecule has 0 fully saturated rings. The average Bonchev–Trinajstić information content (AvgIpc) is 2.56. The molecule has 0 unspecified atom stereocenters. The van der Waals surface area contributed by atoms with E-state index in [9.17, 15) is 4.79 Å². The molecule has 0 aromatic heterocycles. The Kier molecular flexibility index (Phi) is 6.06. The summed E-state index contributed by atoms with van der Waals surface area (Å²) in [6, 6.07) is 11.2. The van der Waals surface area contributed by atoms with Crippen LogP contribution in [0.5, 0.6) is 0 Å². The van der Waals surface area contributed by atoms with Crippen molar-refractivity contribution in [3.63, 3.8) is 0 Å². The van der Waals surface area contributed by atoms with Crippen molar-refractivity contribution in [2.75, 3.05) is 24.4 Å². The van der Waals surface area contributed by atoms with Crippen LogP contribution in [0.4, 0.5) is 16.2 Å². The second-order valence-electron chi connectivity index (χ2n) is 5.50. The highest BCUT2D eigenvalue weighted by atomic mass is 35.5. The average molecular weight is 347 g/mol. The number of urea groups is 1. The molecule has 0 radical (unpaired) electrons. The van der Waals surface area contributed by atoms with Gasteiger partial charge >= 0.3 is 6.03 Å².